The minimum atomic E-state index is -0.242. The average Bonchev–Trinajstić information content (AvgIpc) is 3.15. The second kappa shape index (κ2) is 15.2. The Morgan fingerprint density at radius 3 is 2.02 bits per heavy atom. The summed E-state index contributed by atoms with van der Waals surface area (Å²) < 4.78 is 11.7. The van der Waals surface area contributed by atoms with Crippen molar-refractivity contribution in [3.05, 3.63) is 149 Å². The first-order chi connectivity index (χ1) is 25.3. The second-order valence-electron chi connectivity index (χ2n) is 12.9. The first-order valence-electron chi connectivity index (χ1n) is 17.3. The van der Waals surface area contributed by atoms with Gasteiger partial charge in [0.25, 0.3) is 0 Å². The Balaban J connectivity index is 1.04. The maximum Gasteiger partial charge on any atom is 0.311 e. The Hall–Kier alpha value is -5.86. The van der Waals surface area contributed by atoms with E-state index in [9.17, 15) is 14.4 Å². The molecule has 8 heteroatoms. The van der Waals surface area contributed by atoms with Crippen LogP contribution in [0.25, 0.3) is 22.5 Å². The van der Waals surface area contributed by atoms with Gasteiger partial charge in [-0.05, 0) is 79.1 Å². The predicted molar refractivity (Wildman–Crippen MR) is 202 cm³/mol. The molecule has 7 rings (SSSR count). The number of carbonyl (C=O) groups is 3. The van der Waals surface area contributed by atoms with Gasteiger partial charge in [0.2, 0.25) is 0 Å². The Morgan fingerprint density at radius 1 is 0.712 bits per heavy atom. The van der Waals surface area contributed by atoms with Gasteiger partial charge in [-0.2, -0.15) is 0 Å². The number of nitrogens with zero attached hydrogens (tertiary/aromatic N) is 2. The number of ketones is 2. The van der Waals surface area contributed by atoms with Crippen LogP contribution in [0.1, 0.15) is 70.5 Å². The quantitative estimate of drug-likeness (QED) is 0.0970. The van der Waals surface area contributed by atoms with E-state index in [4.69, 9.17) is 9.47 Å². The van der Waals surface area contributed by atoms with E-state index in [2.05, 4.69) is 23.8 Å². The van der Waals surface area contributed by atoms with Crippen LogP contribution in [-0.4, -0.2) is 27.5 Å². The fourth-order valence-corrected chi connectivity index (χ4v) is 7.25. The van der Waals surface area contributed by atoms with Crippen LogP contribution in [0.4, 0.5) is 0 Å². The largest absolute Gasteiger partial charge is 0.457 e. The van der Waals surface area contributed by atoms with Crippen molar-refractivity contribution in [3.8, 4) is 39.8 Å². The minimum Gasteiger partial charge on any atom is -0.457 e. The fourth-order valence-electron chi connectivity index (χ4n) is 6.27. The Kier molecular flexibility index (Phi) is 10.1. The van der Waals surface area contributed by atoms with Crippen molar-refractivity contribution in [3.63, 3.8) is 0 Å². The van der Waals surface area contributed by atoms with Gasteiger partial charge < -0.3 is 9.47 Å². The van der Waals surface area contributed by atoms with Crippen LogP contribution in [-0.2, 0) is 4.79 Å². The van der Waals surface area contributed by atoms with Crippen LogP contribution in [0.5, 0.6) is 17.2 Å². The van der Waals surface area contributed by atoms with Crippen molar-refractivity contribution in [1.82, 2.24) is 9.97 Å². The summed E-state index contributed by atoms with van der Waals surface area (Å²) in [7, 11) is 0. The van der Waals surface area contributed by atoms with Gasteiger partial charge in [-0.15, -0.1) is 0 Å². The van der Waals surface area contributed by atoms with Crippen molar-refractivity contribution in [1.29, 1.82) is 0 Å². The fraction of sp³-hybridized carbons (Fsp3) is 0.159. The lowest BCUT2D eigenvalue weighted by molar-refractivity contribution is -0.135. The molecule has 1 heterocycles. The number of rotatable bonds is 11. The number of esters is 1. The molecule has 1 aliphatic carbocycles. The van der Waals surface area contributed by atoms with E-state index in [1.165, 1.54) is 11.8 Å². The molecular formula is C44H36N2O5S. The van der Waals surface area contributed by atoms with Crippen molar-refractivity contribution in [2.45, 2.75) is 49.8 Å². The molecule has 6 aromatic rings. The van der Waals surface area contributed by atoms with Gasteiger partial charge in [-0.25, -0.2) is 9.97 Å². The maximum atomic E-state index is 13.9. The average molecular weight is 705 g/mol. The Labute approximate surface area is 307 Å². The summed E-state index contributed by atoms with van der Waals surface area (Å²) in [4.78, 5) is 50.9. The third-order valence-electron chi connectivity index (χ3n) is 8.95. The number of hydrogen-bond acceptors (Lipinski definition) is 8. The molecule has 0 amide bonds. The van der Waals surface area contributed by atoms with Crippen LogP contribution in [0.2, 0.25) is 0 Å². The van der Waals surface area contributed by atoms with Crippen molar-refractivity contribution in [2.75, 3.05) is 0 Å². The SMILES string of the molecule is CCCC(C)CC(=O)Oc1ccc(-c2ncc(-c3ccc(Oc4cccc5c4C(=O)c4cccc(Sc6ccc(C)cc6)c4C5=O)cc3)cn2)cc1. The highest BCUT2D eigenvalue weighted by molar-refractivity contribution is 7.99. The predicted octanol–water partition coefficient (Wildman–Crippen LogP) is 10.6. The lowest BCUT2D eigenvalue weighted by Gasteiger charge is -2.22. The molecule has 258 valence electrons. The zero-order valence-corrected chi connectivity index (χ0v) is 29.9. The molecule has 1 aromatic heterocycles. The van der Waals surface area contributed by atoms with Gasteiger partial charge in [0, 0.05) is 56.4 Å². The number of fused-ring (bicyclic) bond motifs is 2. The summed E-state index contributed by atoms with van der Waals surface area (Å²) in [6.07, 6.45) is 5.93. The highest BCUT2D eigenvalue weighted by atomic mass is 32.2. The molecule has 1 atom stereocenters. The lowest BCUT2D eigenvalue weighted by Crippen LogP contribution is -2.22. The number of aryl methyl sites for hydroxylation is 1. The molecule has 7 nitrogen and oxygen atoms in total. The number of benzene rings is 5. The molecular weight excluding hydrogens is 669 g/mol. The highest BCUT2D eigenvalue weighted by Crippen LogP contribution is 2.40. The van der Waals surface area contributed by atoms with Crippen LogP contribution < -0.4 is 9.47 Å². The van der Waals surface area contributed by atoms with Crippen LogP contribution >= 0.6 is 11.8 Å². The van der Waals surface area contributed by atoms with Crippen LogP contribution in [0.3, 0.4) is 0 Å². The van der Waals surface area contributed by atoms with E-state index >= 15 is 0 Å². The van der Waals surface area contributed by atoms with Crippen LogP contribution in [0.15, 0.2) is 131 Å². The molecule has 52 heavy (non-hydrogen) atoms. The van der Waals surface area contributed by atoms with E-state index in [-0.39, 0.29) is 23.1 Å². The van der Waals surface area contributed by atoms with E-state index in [1.54, 1.807) is 48.8 Å². The topological polar surface area (TPSA) is 95.5 Å². The molecule has 5 aromatic carbocycles. The first-order valence-corrected chi connectivity index (χ1v) is 18.1. The summed E-state index contributed by atoms with van der Waals surface area (Å²) in [5.74, 6) is 1.51. The van der Waals surface area contributed by atoms with Gasteiger partial charge in [-0.3, -0.25) is 14.4 Å². The molecule has 0 aliphatic heterocycles. The summed E-state index contributed by atoms with van der Waals surface area (Å²) in [6.45, 7) is 6.19. The molecule has 0 saturated carbocycles. The normalized spacial score (nSPS) is 12.5. The zero-order chi connectivity index (χ0) is 36.2. The Morgan fingerprint density at radius 2 is 1.33 bits per heavy atom. The van der Waals surface area contributed by atoms with E-state index in [1.807, 2.05) is 79.7 Å². The summed E-state index contributed by atoms with van der Waals surface area (Å²) in [5, 5.41) is 0. The molecule has 0 radical (unpaired) electrons. The molecule has 0 saturated heterocycles. The van der Waals surface area contributed by atoms with Gasteiger partial charge in [-0.1, -0.05) is 92.5 Å². The summed E-state index contributed by atoms with van der Waals surface area (Å²) >= 11 is 1.47. The number of ether oxygens (including phenoxy) is 2. The van der Waals surface area contributed by atoms with E-state index < -0.39 is 0 Å². The number of aromatic nitrogens is 2. The molecule has 0 N–H and O–H groups in total. The van der Waals surface area contributed by atoms with E-state index in [0.717, 1.165) is 44.9 Å². The molecule has 0 fully saturated rings. The van der Waals surface area contributed by atoms with E-state index in [0.29, 0.717) is 52.1 Å². The third kappa shape index (κ3) is 7.43. The van der Waals surface area contributed by atoms with Gasteiger partial charge in [0.15, 0.2) is 17.4 Å². The van der Waals surface area contributed by atoms with Crippen molar-refractivity contribution >= 4 is 29.3 Å². The third-order valence-corrected chi connectivity index (χ3v) is 10.0. The van der Waals surface area contributed by atoms with Crippen molar-refractivity contribution < 1.29 is 23.9 Å². The Bertz CT molecular complexity index is 2270. The van der Waals surface area contributed by atoms with Gasteiger partial charge in [0.05, 0.1) is 5.56 Å². The summed E-state index contributed by atoms with van der Waals surface area (Å²) in [5.41, 5.74) is 5.03. The van der Waals surface area contributed by atoms with Crippen molar-refractivity contribution in [2.24, 2.45) is 5.92 Å². The molecule has 1 aliphatic rings. The number of hydrogen-bond donors (Lipinski definition) is 0. The van der Waals surface area contributed by atoms with Gasteiger partial charge in [0.1, 0.15) is 17.2 Å². The molecule has 0 bridgehead atoms. The van der Waals surface area contributed by atoms with Crippen LogP contribution in [0, 0.1) is 12.8 Å². The molecule has 0 spiro atoms. The monoisotopic (exact) mass is 704 g/mol. The lowest BCUT2D eigenvalue weighted by atomic mass is 9.83. The molecule has 1 unspecified atom stereocenters. The summed E-state index contributed by atoms with van der Waals surface area (Å²) in [6, 6.07) is 33.2. The standard InChI is InChI=1S/C44H36N2O5S/c1-4-7-28(3)24-39(47)51-33-20-16-30(17-21-33)44-45-25-31(26-46-44)29-14-18-32(19-15-29)50-37-10-5-8-35-40(37)42(48)36-9-6-11-38(41(36)43(35)49)52-34-22-12-27(2)13-23-34/h5-6,8-23,25-26,28H,4,7,24H2,1-3H3. The second-order valence-corrected chi connectivity index (χ2v) is 14.1. The number of carbonyl (C=O) groups excluding carboxylic acids is 3. The smallest absolute Gasteiger partial charge is 0.311 e. The maximum absolute atomic E-state index is 13.9. The minimum absolute atomic E-state index is 0.198. The highest BCUT2D eigenvalue weighted by Gasteiger charge is 2.34. The first kappa shape index (κ1) is 34.6. The zero-order valence-electron chi connectivity index (χ0n) is 29.1. The van der Waals surface area contributed by atoms with Gasteiger partial charge >= 0.3 is 5.97 Å².